The summed E-state index contributed by atoms with van der Waals surface area (Å²) >= 11 is 0. The summed E-state index contributed by atoms with van der Waals surface area (Å²) in [4.78, 5) is 13.6. The maximum absolute atomic E-state index is 14.1. The van der Waals surface area contributed by atoms with Gasteiger partial charge in [-0.2, -0.15) is 9.97 Å². The minimum Gasteiger partial charge on any atom is -0.497 e. The second kappa shape index (κ2) is 8.36. The summed E-state index contributed by atoms with van der Waals surface area (Å²) in [6, 6.07) is 14.4. The van der Waals surface area contributed by atoms with E-state index in [1.165, 1.54) is 6.07 Å². The molecule has 7 nitrogen and oxygen atoms in total. The molecule has 2 aromatic heterocycles. The van der Waals surface area contributed by atoms with E-state index in [-0.39, 0.29) is 11.9 Å². The topological polar surface area (TPSA) is 76.9 Å². The first kappa shape index (κ1) is 19.6. The third-order valence-electron chi connectivity index (χ3n) is 4.72. The van der Waals surface area contributed by atoms with E-state index < -0.39 is 0 Å². The van der Waals surface area contributed by atoms with Crippen LogP contribution in [0.4, 0.5) is 21.8 Å². The Bertz CT molecular complexity index is 1160. The van der Waals surface area contributed by atoms with Gasteiger partial charge in [0.25, 0.3) is 0 Å². The average molecular weight is 406 g/mol. The lowest BCUT2D eigenvalue weighted by Gasteiger charge is -2.12. The number of hydrogen-bond donors (Lipinski definition) is 2. The van der Waals surface area contributed by atoms with Crippen LogP contribution in [-0.2, 0) is 6.54 Å². The van der Waals surface area contributed by atoms with Crippen molar-refractivity contribution in [3.05, 3.63) is 66.2 Å². The van der Waals surface area contributed by atoms with Crippen LogP contribution in [0.15, 0.2) is 54.9 Å². The van der Waals surface area contributed by atoms with Gasteiger partial charge in [0.2, 0.25) is 5.95 Å². The van der Waals surface area contributed by atoms with Crippen LogP contribution in [0, 0.1) is 5.82 Å². The standard InChI is InChI=1S/C22H23FN6O/c1-14(2)29-13-25-19-20(24-12-15-8-10-16(30-3)11-9-15)27-22(28-21(19)29)26-18-7-5-4-6-17(18)23/h4-11,13-14H,12H2,1-3H3,(H2,24,26,27,28). The van der Waals surface area contributed by atoms with Crippen molar-refractivity contribution in [2.45, 2.75) is 26.4 Å². The van der Waals surface area contributed by atoms with Crippen LogP contribution in [0.1, 0.15) is 25.5 Å². The number of fused-ring (bicyclic) bond motifs is 1. The zero-order valence-electron chi connectivity index (χ0n) is 17.1. The lowest BCUT2D eigenvalue weighted by molar-refractivity contribution is 0.414. The van der Waals surface area contributed by atoms with E-state index in [1.807, 2.05) is 28.8 Å². The molecule has 8 heteroatoms. The first-order chi connectivity index (χ1) is 14.5. The fraction of sp³-hybridized carbons (Fsp3) is 0.227. The lowest BCUT2D eigenvalue weighted by atomic mass is 10.2. The summed E-state index contributed by atoms with van der Waals surface area (Å²) < 4.78 is 21.3. The highest BCUT2D eigenvalue weighted by molar-refractivity contribution is 5.84. The summed E-state index contributed by atoms with van der Waals surface area (Å²) in [5, 5.41) is 6.31. The van der Waals surface area contributed by atoms with Gasteiger partial charge in [-0.3, -0.25) is 0 Å². The van der Waals surface area contributed by atoms with E-state index >= 15 is 0 Å². The van der Waals surface area contributed by atoms with Crippen LogP contribution < -0.4 is 15.4 Å². The highest BCUT2D eigenvalue weighted by Crippen LogP contribution is 2.26. The Labute approximate surface area is 174 Å². The average Bonchev–Trinajstić information content (AvgIpc) is 3.18. The maximum Gasteiger partial charge on any atom is 0.231 e. The van der Waals surface area contributed by atoms with E-state index in [2.05, 4.69) is 39.4 Å². The van der Waals surface area contributed by atoms with E-state index in [9.17, 15) is 4.39 Å². The largest absolute Gasteiger partial charge is 0.497 e. The van der Waals surface area contributed by atoms with E-state index in [4.69, 9.17) is 4.74 Å². The molecule has 0 fully saturated rings. The van der Waals surface area contributed by atoms with Gasteiger partial charge in [-0.25, -0.2) is 9.37 Å². The highest BCUT2D eigenvalue weighted by atomic mass is 19.1. The number of hydrogen-bond acceptors (Lipinski definition) is 6. The molecule has 0 saturated carbocycles. The van der Waals surface area contributed by atoms with E-state index in [1.54, 1.807) is 31.6 Å². The number of nitrogens with one attached hydrogen (secondary N) is 2. The Hall–Kier alpha value is -3.68. The van der Waals surface area contributed by atoms with E-state index in [0.717, 1.165) is 11.3 Å². The van der Waals surface area contributed by atoms with Gasteiger partial charge >= 0.3 is 0 Å². The van der Waals surface area contributed by atoms with Crippen LogP contribution in [0.3, 0.4) is 0 Å². The summed E-state index contributed by atoms with van der Waals surface area (Å²) in [5.74, 6) is 1.31. The zero-order chi connectivity index (χ0) is 21.1. The molecule has 0 saturated heterocycles. The predicted molar refractivity (Wildman–Crippen MR) is 116 cm³/mol. The Balaban J connectivity index is 1.68. The molecule has 2 N–H and O–H groups in total. The van der Waals surface area contributed by atoms with Crippen molar-refractivity contribution >= 4 is 28.6 Å². The quantitative estimate of drug-likeness (QED) is 0.454. The minimum atomic E-state index is -0.369. The predicted octanol–water partition coefficient (Wildman–Crippen LogP) is 4.91. The van der Waals surface area contributed by atoms with Gasteiger partial charge in [0, 0.05) is 12.6 Å². The highest BCUT2D eigenvalue weighted by Gasteiger charge is 2.15. The molecule has 4 aromatic rings. The van der Waals surface area contributed by atoms with Crippen LogP contribution in [0.2, 0.25) is 0 Å². The molecule has 0 bridgehead atoms. The lowest BCUT2D eigenvalue weighted by Crippen LogP contribution is -2.08. The number of para-hydroxylation sites is 1. The summed E-state index contributed by atoms with van der Waals surface area (Å²) in [6.45, 7) is 4.65. The smallest absolute Gasteiger partial charge is 0.231 e. The minimum absolute atomic E-state index is 0.167. The second-order valence-corrected chi connectivity index (χ2v) is 7.12. The molecule has 154 valence electrons. The molecule has 0 spiro atoms. The summed E-state index contributed by atoms with van der Waals surface area (Å²) in [6.07, 6.45) is 1.75. The van der Waals surface area contributed by atoms with Gasteiger partial charge < -0.3 is 19.9 Å². The molecule has 2 aromatic carbocycles. The molecule has 30 heavy (non-hydrogen) atoms. The monoisotopic (exact) mass is 406 g/mol. The van der Waals surface area contributed by atoms with Gasteiger partial charge in [0.15, 0.2) is 17.0 Å². The number of ether oxygens (including phenoxy) is 1. The van der Waals surface area contributed by atoms with Crippen molar-refractivity contribution in [2.75, 3.05) is 17.7 Å². The van der Waals surface area contributed by atoms with Crippen molar-refractivity contribution in [1.29, 1.82) is 0 Å². The number of imidazole rings is 1. The number of halogens is 1. The Morgan fingerprint density at radius 3 is 2.53 bits per heavy atom. The zero-order valence-corrected chi connectivity index (χ0v) is 17.1. The molecule has 2 heterocycles. The Morgan fingerprint density at radius 2 is 1.83 bits per heavy atom. The van der Waals surface area contributed by atoms with Crippen molar-refractivity contribution in [1.82, 2.24) is 19.5 Å². The molecule has 0 aliphatic rings. The van der Waals surface area contributed by atoms with Gasteiger partial charge in [-0.05, 0) is 43.7 Å². The molecular formula is C22H23FN6O. The summed E-state index contributed by atoms with van der Waals surface area (Å²) in [7, 11) is 1.64. The number of methoxy groups -OCH3 is 1. The molecule has 0 aliphatic carbocycles. The molecule has 4 rings (SSSR count). The second-order valence-electron chi connectivity index (χ2n) is 7.12. The normalized spacial score (nSPS) is 11.1. The molecule has 0 amide bonds. The number of aromatic nitrogens is 4. The number of nitrogens with zero attached hydrogens (tertiary/aromatic N) is 4. The molecule has 0 radical (unpaired) electrons. The third-order valence-corrected chi connectivity index (χ3v) is 4.72. The van der Waals surface area contributed by atoms with Crippen molar-refractivity contribution in [3.8, 4) is 5.75 Å². The molecule has 0 unspecified atom stereocenters. The van der Waals surface area contributed by atoms with Gasteiger partial charge in [0.1, 0.15) is 11.6 Å². The van der Waals surface area contributed by atoms with Crippen LogP contribution in [0.5, 0.6) is 5.75 Å². The van der Waals surface area contributed by atoms with Crippen molar-refractivity contribution < 1.29 is 9.13 Å². The fourth-order valence-corrected chi connectivity index (χ4v) is 3.09. The number of rotatable bonds is 7. The van der Waals surface area contributed by atoms with Gasteiger partial charge in [-0.15, -0.1) is 0 Å². The molecular weight excluding hydrogens is 383 g/mol. The summed E-state index contributed by atoms with van der Waals surface area (Å²) in [5.41, 5.74) is 2.72. The SMILES string of the molecule is COc1ccc(CNc2nc(Nc3ccccc3F)nc3c2ncn3C(C)C)cc1. The molecule has 0 aliphatic heterocycles. The van der Waals surface area contributed by atoms with Crippen LogP contribution in [-0.4, -0.2) is 26.6 Å². The van der Waals surface area contributed by atoms with Crippen molar-refractivity contribution in [2.24, 2.45) is 0 Å². The third kappa shape index (κ3) is 4.03. The van der Waals surface area contributed by atoms with Crippen molar-refractivity contribution in [3.63, 3.8) is 0 Å². The van der Waals surface area contributed by atoms with Crippen LogP contribution >= 0.6 is 0 Å². The maximum atomic E-state index is 14.1. The van der Waals surface area contributed by atoms with Gasteiger partial charge in [0.05, 0.1) is 19.1 Å². The molecule has 0 atom stereocenters. The number of anilines is 3. The first-order valence-corrected chi connectivity index (χ1v) is 9.68. The van der Waals surface area contributed by atoms with Gasteiger partial charge in [-0.1, -0.05) is 24.3 Å². The van der Waals surface area contributed by atoms with Crippen LogP contribution in [0.25, 0.3) is 11.2 Å². The van der Waals surface area contributed by atoms with E-state index in [0.29, 0.717) is 35.2 Å². The Morgan fingerprint density at radius 1 is 1.07 bits per heavy atom. The first-order valence-electron chi connectivity index (χ1n) is 9.68. The number of benzene rings is 2. The fourth-order valence-electron chi connectivity index (χ4n) is 3.09. The Kier molecular flexibility index (Phi) is 5.47.